The van der Waals surface area contributed by atoms with Crippen molar-refractivity contribution in [1.82, 2.24) is 10.6 Å². The van der Waals surface area contributed by atoms with Gasteiger partial charge in [-0.05, 0) is 47.9 Å². The number of benzene rings is 2. The lowest BCUT2D eigenvalue weighted by Crippen LogP contribution is -2.52. The number of rotatable bonds is 7. The summed E-state index contributed by atoms with van der Waals surface area (Å²) in [5.74, 6) is -1.43. The number of carboxylic acids is 1. The molecule has 35 heavy (non-hydrogen) atoms. The summed E-state index contributed by atoms with van der Waals surface area (Å²) in [6.07, 6.45) is 4.74. The van der Waals surface area contributed by atoms with Gasteiger partial charge in [-0.25, -0.2) is 4.79 Å². The van der Waals surface area contributed by atoms with E-state index in [0.717, 1.165) is 30.4 Å². The van der Waals surface area contributed by atoms with Crippen molar-refractivity contribution in [2.75, 3.05) is 13.2 Å². The summed E-state index contributed by atoms with van der Waals surface area (Å²) in [5.41, 5.74) is 3.82. The van der Waals surface area contributed by atoms with Gasteiger partial charge in [-0.3, -0.25) is 9.59 Å². The maximum Gasteiger partial charge on any atom is 0.407 e. The van der Waals surface area contributed by atoms with E-state index in [9.17, 15) is 19.5 Å². The molecule has 0 aliphatic heterocycles. The van der Waals surface area contributed by atoms with Crippen LogP contribution in [-0.2, 0) is 14.3 Å². The van der Waals surface area contributed by atoms with Crippen LogP contribution in [0.4, 0.5) is 4.79 Å². The zero-order valence-electron chi connectivity index (χ0n) is 19.8. The molecule has 2 aromatic rings. The number of nitrogens with one attached hydrogen (secondary N) is 2. The molecule has 0 bridgehead atoms. The normalized spacial score (nSPS) is 22.3. The van der Waals surface area contributed by atoms with Crippen molar-refractivity contribution < 1.29 is 24.2 Å². The lowest BCUT2D eigenvalue weighted by Gasteiger charge is -2.38. The van der Waals surface area contributed by atoms with Gasteiger partial charge in [0.2, 0.25) is 5.91 Å². The molecule has 7 nitrogen and oxygen atoms in total. The van der Waals surface area contributed by atoms with Gasteiger partial charge < -0.3 is 20.5 Å². The van der Waals surface area contributed by atoms with Crippen molar-refractivity contribution in [3.05, 3.63) is 59.7 Å². The number of hydrogen-bond donors (Lipinski definition) is 3. The number of carbonyl (C=O) groups excluding carboxylic acids is 2. The van der Waals surface area contributed by atoms with Crippen LogP contribution in [0.1, 0.15) is 62.0 Å². The first kappa shape index (κ1) is 23.4. The van der Waals surface area contributed by atoms with Crippen molar-refractivity contribution in [3.63, 3.8) is 0 Å². The minimum atomic E-state index is -0.846. The molecule has 184 valence electrons. The van der Waals surface area contributed by atoms with Crippen LogP contribution < -0.4 is 10.6 Å². The fourth-order valence-corrected chi connectivity index (χ4v) is 5.87. The Morgan fingerprint density at radius 3 is 2.14 bits per heavy atom. The maximum absolute atomic E-state index is 12.9. The van der Waals surface area contributed by atoms with Gasteiger partial charge in [0.05, 0.1) is 11.3 Å². The molecule has 2 aromatic carbocycles. The largest absolute Gasteiger partial charge is 0.481 e. The zero-order valence-corrected chi connectivity index (χ0v) is 19.8. The quantitative estimate of drug-likeness (QED) is 0.547. The van der Waals surface area contributed by atoms with Crippen LogP contribution in [0.2, 0.25) is 0 Å². The SMILES string of the molecule is O=C(N[C@@H]1CCCC[C@@H]1C(=O)NCC1(C(=O)O)CCC1)OCC1c2ccccc2-c2ccccc21. The van der Waals surface area contributed by atoms with E-state index >= 15 is 0 Å². The molecule has 0 aromatic heterocycles. The number of hydrogen-bond acceptors (Lipinski definition) is 4. The maximum atomic E-state index is 12.9. The zero-order chi connectivity index (χ0) is 24.4. The monoisotopic (exact) mass is 476 g/mol. The Balaban J connectivity index is 1.19. The van der Waals surface area contributed by atoms with Gasteiger partial charge >= 0.3 is 12.1 Å². The van der Waals surface area contributed by atoms with Crippen molar-refractivity contribution in [2.24, 2.45) is 11.3 Å². The van der Waals surface area contributed by atoms with Crippen LogP contribution in [0.5, 0.6) is 0 Å². The topological polar surface area (TPSA) is 105 Å². The van der Waals surface area contributed by atoms with E-state index in [1.54, 1.807) is 0 Å². The highest BCUT2D eigenvalue weighted by atomic mass is 16.5. The summed E-state index contributed by atoms with van der Waals surface area (Å²) in [6.45, 7) is 0.375. The average molecular weight is 477 g/mol. The van der Waals surface area contributed by atoms with Crippen molar-refractivity contribution in [3.8, 4) is 11.1 Å². The van der Waals surface area contributed by atoms with E-state index in [0.29, 0.717) is 25.7 Å². The van der Waals surface area contributed by atoms with Gasteiger partial charge in [-0.15, -0.1) is 0 Å². The molecule has 3 aliphatic rings. The van der Waals surface area contributed by atoms with E-state index in [1.807, 2.05) is 24.3 Å². The molecule has 3 aliphatic carbocycles. The third-order valence-electron chi connectivity index (χ3n) is 8.11. The summed E-state index contributed by atoms with van der Waals surface area (Å²) in [4.78, 5) is 37.3. The number of alkyl carbamates (subject to hydrolysis) is 1. The molecular formula is C28H32N2O5. The van der Waals surface area contributed by atoms with Crippen molar-refractivity contribution >= 4 is 18.0 Å². The van der Waals surface area contributed by atoms with Crippen LogP contribution in [0, 0.1) is 11.3 Å². The lowest BCUT2D eigenvalue weighted by molar-refractivity contribution is -0.154. The molecule has 2 atom stereocenters. The third kappa shape index (κ3) is 4.51. The van der Waals surface area contributed by atoms with E-state index in [2.05, 4.69) is 34.9 Å². The minimum Gasteiger partial charge on any atom is -0.481 e. The average Bonchev–Trinajstić information content (AvgIpc) is 3.16. The van der Waals surface area contributed by atoms with Gasteiger partial charge in [-0.2, -0.15) is 0 Å². The molecule has 0 spiro atoms. The fraction of sp³-hybridized carbons (Fsp3) is 0.464. The van der Waals surface area contributed by atoms with Crippen LogP contribution >= 0.6 is 0 Å². The minimum absolute atomic E-state index is 0.0201. The van der Waals surface area contributed by atoms with E-state index in [-0.39, 0.29) is 36.9 Å². The molecule has 0 radical (unpaired) electrons. The summed E-state index contributed by atoms with van der Waals surface area (Å²) in [5, 5.41) is 15.3. The Labute approximate surface area is 205 Å². The molecule has 2 fully saturated rings. The molecule has 7 heteroatoms. The first-order chi connectivity index (χ1) is 17.0. The Morgan fingerprint density at radius 1 is 0.914 bits per heavy atom. The first-order valence-electron chi connectivity index (χ1n) is 12.6. The molecule has 5 rings (SSSR count). The third-order valence-corrected chi connectivity index (χ3v) is 8.11. The smallest absolute Gasteiger partial charge is 0.407 e. The number of carboxylic acid groups (broad SMARTS) is 1. The fourth-order valence-electron chi connectivity index (χ4n) is 5.87. The molecular weight excluding hydrogens is 444 g/mol. The van der Waals surface area contributed by atoms with Gasteiger partial charge in [0.1, 0.15) is 6.61 Å². The highest BCUT2D eigenvalue weighted by Crippen LogP contribution is 2.44. The number of amides is 2. The molecule has 2 saturated carbocycles. The van der Waals surface area contributed by atoms with Crippen LogP contribution in [-0.4, -0.2) is 42.3 Å². The van der Waals surface area contributed by atoms with Crippen molar-refractivity contribution in [2.45, 2.75) is 56.9 Å². The highest BCUT2D eigenvalue weighted by Gasteiger charge is 2.45. The molecule has 0 heterocycles. The summed E-state index contributed by atoms with van der Waals surface area (Å²) in [6, 6.07) is 16.1. The predicted octanol–water partition coefficient (Wildman–Crippen LogP) is 4.46. The Morgan fingerprint density at radius 2 is 1.54 bits per heavy atom. The summed E-state index contributed by atoms with van der Waals surface area (Å²) in [7, 11) is 0. The molecule has 3 N–H and O–H groups in total. The van der Waals surface area contributed by atoms with Crippen LogP contribution in [0.25, 0.3) is 11.1 Å². The second kappa shape index (κ2) is 9.72. The summed E-state index contributed by atoms with van der Waals surface area (Å²) < 4.78 is 5.68. The highest BCUT2D eigenvalue weighted by molar-refractivity contribution is 5.82. The lowest BCUT2D eigenvalue weighted by atomic mass is 9.68. The van der Waals surface area contributed by atoms with E-state index in [4.69, 9.17) is 4.74 Å². The second-order valence-corrected chi connectivity index (χ2v) is 10.1. The number of ether oxygens (including phenoxy) is 1. The first-order valence-corrected chi connectivity index (χ1v) is 12.6. The van der Waals surface area contributed by atoms with Gasteiger partial charge in [0.15, 0.2) is 0 Å². The Hall–Kier alpha value is -3.35. The predicted molar refractivity (Wildman–Crippen MR) is 131 cm³/mol. The van der Waals surface area contributed by atoms with Crippen LogP contribution in [0.3, 0.4) is 0 Å². The standard InChI is InChI=1S/C28H32N2O5/c31-25(29-17-28(26(32)33)14-7-15-28)22-12-5-6-13-24(22)30-27(34)35-16-23-20-10-3-1-8-18(20)19-9-2-4-11-21(19)23/h1-4,8-11,22-24H,5-7,12-17H2,(H,29,31)(H,30,34)(H,32,33)/t22-,24+/m0/s1. The van der Waals surface area contributed by atoms with Gasteiger partial charge in [0, 0.05) is 18.5 Å². The Bertz CT molecular complexity index is 1080. The van der Waals surface area contributed by atoms with Gasteiger partial charge in [-0.1, -0.05) is 67.8 Å². The molecule has 0 saturated heterocycles. The second-order valence-electron chi connectivity index (χ2n) is 10.1. The Kier molecular flexibility index (Phi) is 6.50. The van der Waals surface area contributed by atoms with Crippen LogP contribution in [0.15, 0.2) is 48.5 Å². The molecule has 0 unspecified atom stereocenters. The van der Waals surface area contributed by atoms with E-state index < -0.39 is 17.5 Å². The van der Waals surface area contributed by atoms with Crippen molar-refractivity contribution in [1.29, 1.82) is 0 Å². The number of aliphatic carboxylic acids is 1. The number of fused-ring (bicyclic) bond motifs is 3. The van der Waals surface area contributed by atoms with E-state index in [1.165, 1.54) is 11.1 Å². The summed E-state index contributed by atoms with van der Waals surface area (Å²) >= 11 is 0. The number of carbonyl (C=O) groups is 3. The molecule has 2 amide bonds. The van der Waals surface area contributed by atoms with Gasteiger partial charge in [0.25, 0.3) is 0 Å².